The number of rotatable bonds is 6. The Morgan fingerprint density at radius 3 is 1.29 bits per heavy atom. The van der Waals surface area contributed by atoms with E-state index in [2.05, 4.69) is 36.4 Å². The fourth-order valence-corrected chi connectivity index (χ4v) is 6.08. The Kier molecular flexibility index (Phi) is 7.02. The first-order valence-electron chi connectivity index (χ1n) is 16.1. The molecular weight excluding hydrogens is 603 g/mol. The van der Waals surface area contributed by atoms with Gasteiger partial charge in [-0.3, -0.25) is 0 Å². The molecule has 9 aromatic rings. The molecule has 0 amide bonds. The van der Waals surface area contributed by atoms with Crippen LogP contribution in [0.1, 0.15) is 0 Å². The summed E-state index contributed by atoms with van der Waals surface area (Å²) >= 11 is 0. The van der Waals surface area contributed by atoms with Crippen LogP contribution in [-0.2, 0) is 0 Å². The Balaban J connectivity index is 1.15. The summed E-state index contributed by atoms with van der Waals surface area (Å²) in [4.78, 5) is 24.6. The molecule has 3 aromatic heterocycles. The summed E-state index contributed by atoms with van der Waals surface area (Å²) in [6.45, 7) is 0. The molecule has 49 heavy (non-hydrogen) atoms. The van der Waals surface area contributed by atoms with E-state index in [0.29, 0.717) is 23.3 Å². The predicted molar refractivity (Wildman–Crippen MR) is 195 cm³/mol. The Morgan fingerprint density at radius 2 is 0.735 bits per heavy atom. The lowest BCUT2D eigenvalue weighted by Gasteiger charge is -2.09. The number of hydrogen-bond donors (Lipinski definition) is 0. The first kappa shape index (κ1) is 28.4. The molecule has 0 fully saturated rings. The van der Waals surface area contributed by atoms with E-state index in [0.717, 1.165) is 66.7 Å². The van der Waals surface area contributed by atoms with E-state index < -0.39 is 0 Å². The van der Waals surface area contributed by atoms with E-state index in [9.17, 15) is 0 Å². The average molecular weight is 630 g/mol. The molecule has 0 aliphatic heterocycles. The van der Waals surface area contributed by atoms with Crippen molar-refractivity contribution in [3.05, 3.63) is 164 Å². The zero-order valence-corrected chi connectivity index (χ0v) is 26.2. The third-order valence-corrected chi connectivity index (χ3v) is 8.55. The monoisotopic (exact) mass is 629 g/mol. The zero-order valence-electron chi connectivity index (χ0n) is 26.2. The fraction of sp³-hybridized carbons (Fsp3) is 0. The average Bonchev–Trinajstić information content (AvgIpc) is 3.56. The van der Waals surface area contributed by atoms with Crippen LogP contribution >= 0.6 is 0 Å². The molecule has 0 aliphatic carbocycles. The molecule has 0 radical (unpaired) electrons. The second-order valence-corrected chi connectivity index (χ2v) is 11.8. The summed E-state index contributed by atoms with van der Waals surface area (Å²) in [6.07, 6.45) is 0. The van der Waals surface area contributed by atoms with Gasteiger partial charge in [0.1, 0.15) is 11.2 Å². The molecule has 6 aromatic carbocycles. The molecular formula is C43H27N5O. The zero-order chi connectivity index (χ0) is 32.6. The molecule has 0 spiro atoms. The standard InChI is InChI=1S/C43H27N5O/c1-5-13-28(14-6-1)36-27-37(45-40(44-36)29-15-7-2-8-16-29)32-21-23-34-35-25-33(22-24-38(35)49-39(34)26-32)43-47-41(30-17-9-3-10-18-30)46-42(48-43)31-19-11-4-12-20-31/h1-27H. The van der Waals surface area contributed by atoms with Gasteiger partial charge in [-0.25, -0.2) is 24.9 Å². The van der Waals surface area contributed by atoms with Gasteiger partial charge in [0, 0.05) is 44.2 Å². The molecule has 0 saturated carbocycles. The van der Waals surface area contributed by atoms with Crippen molar-refractivity contribution in [3.63, 3.8) is 0 Å². The maximum Gasteiger partial charge on any atom is 0.164 e. The fourth-order valence-electron chi connectivity index (χ4n) is 6.08. The van der Waals surface area contributed by atoms with Crippen molar-refractivity contribution in [2.45, 2.75) is 0 Å². The first-order valence-corrected chi connectivity index (χ1v) is 16.1. The lowest BCUT2D eigenvalue weighted by molar-refractivity contribution is 0.669. The van der Waals surface area contributed by atoms with Gasteiger partial charge < -0.3 is 4.42 Å². The van der Waals surface area contributed by atoms with E-state index in [1.54, 1.807) is 0 Å². The van der Waals surface area contributed by atoms with Crippen molar-refractivity contribution in [1.29, 1.82) is 0 Å². The van der Waals surface area contributed by atoms with Gasteiger partial charge in [-0.2, -0.15) is 0 Å². The Morgan fingerprint density at radius 1 is 0.286 bits per heavy atom. The highest BCUT2D eigenvalue weighted by atomic mass is 16.3. The van der Waals surface area contributed by atoms with Crippen LogP contribution in [0, 0.1) is 0 Å². The van der Waals surface area contributed by atoms with Crippen molar-refractivity contribution in [3.8, 4) is 68.1 Å². The number of furan rings is 1. The molecule has 9 rings (SSSR count). The number of aromatic nitrogens is 5. The summed E-state index contributed by atoms with van der Waals surface area (Å²) in [6, 6.07) is 54.7. The van der Waals surface area contributed by atoms with Gasteiger partial charge in [0.05, 0.1) is 11.4 Å². The maximum absolute atomic E-state index is 6.42. The van der Waals surface area contributed by atoms with Crippen LogP contribution in [0.3, 0.4) is 0 Å². The highest BCUT2D eigenvalue weighted by Crippen LogP contribution is 2.36. The van der Waals surface area contributed by atoms with Crippen LogP contribution in [0.4, 0.5) is 0 Å². The van der Waals surface area contributed by atoms with Crippen molar-refractivity contribution in [1.82, 2.24) is 24.9 Å². The SMILES string of the molecule is c1ccc(-c2cc(-c3ccc4c(c3)oc3ccc(-c5nc(-c6ccccc6)nc(-c6ccccc6)n5)cc34)nc(-c3ccccc3)n2)cc1. The second kappa shape index (κ2) is 12.1. The van der Waals surface area contributed by atoms with E-state index in [4.69, 9.17) is 29.3 Å². The molecule has 6 nitrogen and oxygen atoms in total. The third-order valence-electron chi connectivity index (χ3n) is 8.55. The smallest absolute Gasteiger partial charge is 0.164 e. The lowest BCUT2D eigenvalue weighted by Crippen LogP contribution is -2.00. The van der Waals surface area contributed by atoms with Crippen LogP contribution in [-0.4, -0.2) is 24.9 Å². The van der Waals surface area contributed by atoms with Crippen LogP contribution in [0.5, 0.6) is 0 Å². The summed E-state index contributed by atoms with van der Waals surface area (Å²) in [7, 11) is 0. The molecule has 230 valence electrons. The van der Waals surface area contributed by atoms with Crippen LogP contribution in [0.15, 0.2) is 168 Å². The summed E-state index contributed by atoms with van der Waals surface area (Å²) in [5.74, 6) is 2.53. The number of nitrogens with zero attached hydrogens (tertiary/aromatic N) is 5. The minimum absolute atomic E-state index is 0.600. The maximum atomic E-state index is 6.42. The normalized spacial score (nSPS) is 11.3. The highest BCUT2D eigenvalue weighted by Gasteiger charge is 2.16. The summed E-state index contributed by atoms with van der Waals surface area (Å²) < 4.78 is 6.42. The summed E-state index contributed by atoms with van der Waals surface area (Å²) in [5.41, 5.74) is 8.93. The van der Waals surface area contributed by atoms with Crippen molar-refractivity contribution >= 4 is 21.9 Å². The molecule has 0 saturated heterocycles. The third kappa shape index (κ3) is 5.51. The first-order chi connectivity index (χ1) is 24.2. The number of fused-ring (bicyclic) bond motifs is 3. The minimum Gasteiger partial charge on any atom is -0.456 e. The van der Waals surface area contributed by atoms with E-state index >= 15 is 0 Å². The van der Waals surface area contributed by atoms with E-state index in [1.165, 1.54) is 0 Å². The number of benzene rings is 6. The molecule has 0 unspecified atom stereocenters. The predicted octanol–water partition coefficient (Wildman–Crippen LogP) is 10.6. The van der Waals surface area contributed by atoms with Gasteiger partial charge in [0.25, 0.3) is 0 Å². The molecule has 3 heterocycles. The van der Waals surface area contributed by atoms with Gasteiger partial charge in [-0.1, -0.05) is 127 Å². The van der Waals surface area contributed by atoms with Crippen LogP contribution < -0.4 is 0 Å². The Bertz CT molecular complexity index is 2470. The van der Waals surface area contributed by atoms with E-state index in [1.807, 2.05) is 127 Å². The largest absolute Gasteiger partial charge is 0.456 e. The second-order valence-electron chi connectivity index (χ2n) is 11.8. The molecule has 0 atom stereocenters. The molecule has 6 heteroatoms. The van der Waals surface area contributed by atoms with Gasteiger partial charge >= 0.3 is 0 Å². The van der Waals surface area contributed by atoms with Crippen LogP contribution in [0.2, 0.25) is 0 Å². The molecule has 0 aliphatic rings. The number of hydrogen-bond acceptors (Lipinski definition) is 6. The quantitative estimate of drug-likeness (QED) is 0.182. The van der Waals surface area contributed by atoms with E-state index in [-0.39, 0.29) is 0 Å². The Labute approximate surface area is 282 Å². The summed E-state index contributed by atoms with van der Waals surface area (Å²) in [5, 5.41) is 1.99. The van der Waals surface area contributed by atoms with Gasteiger partial charge in [-0.15, -0.1) is 0 Å². The van der Waals surface area contributed by atoms with Crippen molar-refractivity contribution in [2.24, 2.45) is 0 Å². The Hall–Kier alpha value is -6.79. The van der Waals surface area contributed by atoms with Crippen molar-refractivity contribution in [2.75, 3.05) is 0 Å². The highest BCUT2D eigenvalue weighted by molar-refractivity contribution is 6.07. The molecule has 0 N–H and O–H groups in total. The topological polar surface area (TPSA) is 77.6 Å². The molecule has 0 bridgehead atoms. The van der Waals surface area contributed by atoms with Gasteiger partial charge in [0.2, 0.25) is 0 Å². The minimum atomic E-state index is 0.600. The van der Waals surface area contributed by atoms with Crippen molar-refractivity contribution < 1.29 is 4.42 Å². The van der Waals surface area contributed by atoms with Gasteiger partial charge in [0.15, 0.2) is 23.3 Å². The van der Waals surface area contributed by atoms with Gasteiger partial charge in [-0.05, 0) is 36.4 Å². The van der Waals surface area contributed by atoms with Crippen LogP contribution in [0.25, 0.3) is 90.0 Å². The lowest BCUT2D eigenvalue weighted by atomic mass is 10.0.